The van der Waals surface area contributed by atoms with Crippen molar-refractivity contribution in [1.82, 2.24) is 4.57 Å². The minimum Gasteiger partial charge on any atom is -0.234 e. The lowest BCUT2D eigenvalue weighted by Gasteiger charge is -2.06. The molecule has 0 amide bonds. The Kier molecular flexibility index (Phi) is 3.70. The van der Waals surface area contributed by atoms with Crippen LogP contribution in [-0.4, -0.2) is 4.57 Å². The maximum absolute atomic E-state index is 6.02. The fourth-order valence-corrected chi connectivity index (χ4v) is 3.50. The molecule has 1 aliphatic heterocycles. The van der Waals surface area contributed by atoms with Gasteiger partial charge in [0.05, 0.1) is 13.0 Å². The Bertz CT molecular complexity index is 829. The number of aryl methyl sites for hydroxylation is 2. The monoisotopic (exact) mass is 323 g/mol. The zero-order chi connectivity index (χ0) is 15.8. The molecule has 1 aromatic heterocycles. The zero-order valence-corrected chi connectivity index (χ0v) is 14.1. The quantitative estimate of drug-likeness (QED) is 0.632. The lowest BCUT2D eigenvalue weighted by molar-refractivity contribution is -0.690. The van der Waals surface area contributed by atoms with E-state index in [1.54, 1.807) is 0 Å². The van der Waals surface area contributed by atoms with Crippen LogP contribution in [-0.2, 0) is 19.5 Å². The number of hydrogen-bond donors (Lipinski definition) is 0. The third kappa shape index (κ3) is 2.79. The molecular weight excluding hydrogens is 304 g/mol. The molecule has 2 nitrogen and oxygen atoms in total. The van der Waals surface area contributed by atoms with Gasteiger partial charge < -0.3 is 0 Å². The van der Waals surface area contributed by atoms with Gasteiger partial charge in [-0.3, -0.25) is 0 Å². The van der Waals surface area contributed by atoms with Crippen LogP contribution in [0.5, 0.6) is 0 Å². The second-order valence-electron chi connectivity index (χ2n) is 6.31. The van der Waals surface area contributed by atoms with E-state index in [0.717, 1.165) is 24.5 Å². The topological polar surface area (TPSA) is 8.81 Å². The lowest BCUT2D eigenvalue weighted by atomic mass is 10.1. The number of hydrogen-bond acceptors (Lipinski definition) is 0. The van der Waals surface area contributed by atoms with E-state index >= 15 is 0 Å². The molecule has 1 aliphatic rings. The molecular formula is C20H20ClN2+. The molecule has 3 heteroatoms. The van der Waals surface area contributed by atoms with Gasteiger partial charge in [0.25, 0.3) is 5.82 Å². The van der Waals surface area contributed by atoms with Gasteiger partial charge in [-0.15, -0.1) is 0 Å². The summed E-state index contributed by atoms with van der Waals surface area (Å²) in [6.45, 7) is 4.15. The molecule has 116 valence electrons. The summed E-state index contributed by atoms with van der Waals surface area (Å²) in [5.41, 5.74) is 5.17. The summed E-state index contributed by atoms with van der Waals surface area (Å²) in [5.74, 6) is 1.43. The van der Waals surface area contributed by atoms with Crippen molar-refractivity contribution < 1.29 is 4.57 Å². The van der Waals surface area contributed by atoms with Gasteiger partial charge in [0.2, 0.25) is 0 Å². The zero-order valence-electron chi connectivity index (χ0n) is 13.3. The van der Waals surface area contributed by atoms with Crippen LogP contribution >= 0.6 is 11.6 Å². The summed E-state index contributed by atoms with van der Waals surface area (Å²) in [6, 6.07) is 17.0. The van der Waals surface area contributed by atoms with E-state index < -0.39 is 0 Å². The molecule has 4 rings (SSSR count). The highest BCUT2D eigenvalue weighted by molar-refractivity contribution is 6.30. The number of aromatic nitrogens is 2. The Morgan fingerprint density at radius 3 is 2.52 bits per heavy atom. The minimum atomic E-state index is 0.791. The van der Waals surface area contributed by atoms with E-state index in [9.17, 15) is 0 Å². The van der Waals surface area contributed by atoms with Crippen molar-refractivity contribution in [1.29, 1.82) is 0 Å². The maximum Gasteiger partial charge on any atom is 0.257 e. The predicted octanol–water partition coefficient (Wildman–Crippen LogP) is 4.40. The van der Waals surface area contributed by atoms with Crippen molar-refractivity contribution in [3.63, 3.8) is 0 Å². The van der Waals surface area contributed by atoms with Crippen molar-refractivity contribution in [3.05, 3.63) is 76.7 Å². The number of rotatable bonds is 3. The van der Waals surface area contributed by atoms with Gasteiger partial charge in [0.15, 0.2) is 5.69 Å². The second kappa shape index (κ2) is 5.86. The number of nitrogens with zero attached hydrogens (tertiary/aromatic N) is 2. The van der Waals surface area contributed by atoms with Gasteiger partial charge in [-0.1, -0.05) is 53.6 Å². The lowest BCUT2D eigenvalue weighted by Crippen LogP contribution is -2.30. The molecule has 2 heterocycles. The Morgan fingerprint density at radius 1 is 1.04 bits per heavy atom. The van der Waals surface area contributed by atoms with E-state index in [-0.39, 0.29) is 0 Å². The summed E-state index contributed by atoms with van der Waals surface area (Å²) in [7, 11) is 0. The largest absolute Gasteiger partial charge is 0.257 e. The molecule has 2 aromatic carbocycles. The normalized spacial score (nSPS) is 13.3. The fraction of sp³-hybridized carbons (Fsp3) is 0.250. The maximum atomic E-state index is 6.02. The predicted molar refractivity (Wildman–Crippen MR) is 93.7 cm³/mol. The first-order valence-electron chi connectivity index (χ1n) is 8.14. The molecule has 3 aromatic rings. The second-order valence-corrected chi connectivity index (χ2v) is 6.74. The highest BCUT2D eigenvalue weighted by atomic mass is 35.5. The van der Waals surface area contributed by atoms with E-state index in [2.05, 4.69) is 58.7 Å². The van der Waals surface area contributed by atoms with Crippen LogP contribution in [0.2, 0.25) is 5.02 Å². The smallest absolute Gasteiger partial charge is 0.234 e. The Morgan fingerprint density at radius 2 is 1.78 bits per heavy atom. The van der Waals surface area contributed by atoms with Crippen LogP contribution in [0.25, 0.3) is 11.3 Å². The molecule has 0 N–H and O–H groups in total. The summed E-state index contributed by atoms with van der Waals surface area (Å²) in [5, 5.41) is 0.791. The third-order valence-electron chi connectivity index (χ3n) is 4.61. The van der Waals surface area contributed by atoms with E-state index in [1.807, 2.05) is 12.1 Å². The summed E-state index contributed by atoms with van der Waals surface area (Å²) in [6.07, 6.45) is 4.70. The van der Waals surface area contributed by atoms with Crippen molar-refractivity contribution in [2.75, 3.05) is 0 Å². The number of imidazole rings is 1. The van der Waals surface area contributed by atoms with E-state index in [4.69, 9.17) is 11.6 Å². The molecule has 0 aliphatic carbocycles. The van der Waals surface area contributed by atoms with Crippen LogP contribution in [0.3, 0.4) is 0 Å². The Hall–Kier alpha value is -2.06. The van der Waals surface area contributed by atoms with Crippen LogP contribution in [0.15, 0.2) is 54.7 Å². The average Bonchev–Trinajstić information content (AvgIpc) is 3.13. The fourth-order valence-electron chi connectivity index (χ4n) is 3.37. The molecule has 0 fully saturated rings. The highest BCUT2D eigenvalue weighted by Gasteiger charge is 2.28. The highest BCUT2D eigenvalue weighted by Crippen LogP contribution is 2.24. The summed E-state index contributed by atoms with van der Waals surface area (Å²) >= 11 is 6.02. The van der Waals surface area contributed by atoms with Gasteiger partial charge >= 0.3 is 0 Å². The van der Waals surface area contributed by atoms with Gasteiger partial charge in [-0.25, -0.2) is 9.13 Å². The van der Waals surface area contributed by atoms with Crippen LogP contribution in [0.4, 0.5) is 0 Å². The first-order valence-corrected chi connectivity index (χ1v) is 8.52. The van der Waals surface area contributed by atoms with Gasteiger partial charge in [0, 0.05) is 10.6 Å². The van der Waals surface area contributed by atoms with Crippen LogP contribution in [0, 0.1) is 6.92 Å². The van der Waals surface area contributed by atoms with Crippen LogP contribution in [0.1, 0.15) is 23.4 Å². The van der Waals surface area contributed by atoms with Crippen molar-refractivity contribution in [2.45, 2.75) is 32.9 Å². The van der Waals surface area contributed by atoms with Crippen molar-refractivity contribution >= 4 is 11.6 Å². The Balaban J connectivity index is 1.77. The van der Waals surface area contributed by atoms with E-state index in [0.29, 0.717) is 0 Å². The molecule has 0 unspecified atom stereocenters. The van der Waals surface area contributed by atoms with Gasteiger partial charge in [0.1, 0.15) is 12.7 Å². The number of benzene rings is 2. The van der Waals surface area contributed by atoms with E-state index in [1.165, 1.54) is 34.6 Å². The summed E-state index contributed by atoms with van der Waals surface area (Å²) in [4.78, 5) is 0. The molecule has 0 saturated heterocycles. The third-order valence-corrected chi connectivity index (χ3v) is 4.86. The standard InChI is InChI=1S/C20H20ClN2/c1-15-4-8-17(9-5-15)19-14-22-12-2-3-20(22)23(19)13-16-6-10-18(21)11-7-16/h4-11,14H,2-3,12-13H2,1H3/q+1. The number of halogens is 1. The first kappa shape index (κ1) is 14.5. The minimum absolute atomic E-state index is 0.791. The number of fused-ring (bicyclic) bond motifs is 1. The van der Waals surface area contributed by atoms with Gasteiger partial charge in [-0.2, -0.15) is 0 Å². The first-order chi connectivity index (χ1) is 11.2. The van der Waals surface area contributed by atoms with Gasteiger partial charge in [-0.05, 0) is 31.0 Å². The molecule has 0 radical (unpaired) electrons. The van der Waals surface area contributed by atoms with Crippen molar-refractivity contribution in [2.24, 2.45) is 0 Å². The SMILES string of the molecule is Cc1ccc(-c2c[n+]3c(n2Cc2ccc(Cl)cc2)CCC3)cc1. The summed E-state index contributed by atoms with van der Waals surface area (Å²) < 4.78 is 4.87. The Labute approximate surface area is 142 Å². The molecule has 0 bridgehead atoms. The molecule has 0 saturated carbocycles. The molecule has 0 atom stereocenters. The van der Waals surface area contributed by atoms with Crippen LogP contribution < -0.4 is 4.57 Å². The molecule has 0 spiro atoms. The molecule has 23 heavy (non-hydrogen) atoms. The average molecular weight is 324 g/mol. The van der Waals surface area contributed by atoms with Crippen molar-refractivity contribution in [3.8, 4) is 11.3 Å².